The predicted molar refractivity (Wildman–Crippen MR) is 126 cm³/mol. The molecule has 0 amide bonds. The standard InChI is InChI=1S/C25H21BrN2O5/c1-31-21-12-11-17(22(25(29)30)23(21)32-2)24-28-19(16-5-3-4-6-20(16)33-24)13-18(27-28)14-7-9-15(26)10-8-14/h3-12,19,24H,13H2,1-2H3,(H,29,30)/t19-,24+/m1/s1. The normalized spacial score (nSPS) is 18.6. The first-order valence-electron chi connectivity index (χ1n) is 10.4. The van der Waals surface area contributed by atoms with E-state index in [4.69, 9.17) is 19.3 Å². The van der Waals surface area contributed by atoms with E-state index in [1.54, 1.807) is 12.1 Å². The molecule has 2 aliphatic rings. The van der Waals surface area contributed by atoms with Crippen molar-refractivity contribution < 1.29 is 24.1 Å². The molecule has 0 radical (unpaired) electrons. The summed E-state index contributed by atoms with van der Waals surface area (Å²) >= 11 is 3.48. The summed E-state index contributed by atoms with van der Waals surface area (Å²) in [6.07, 6.45) is -0.0717. The predicted octanol–water partition coefficient (Wildman–Crippen LogP) is 5.41. The monoisotopic (exact) mass is 508 g/mol. The summed E-state index contributed by atoms with van der Waals surface area (Å²) in [6.45, 7) is 0. The van der Waals surface area contributed by atoms with Crippen LogP contribution in [0.15, 0.2) is 70.2 Å². The fourth-order valence-corrected chi connectivity index (χ4v) is 4.69. The van der Waals surface area contributed by atoms with Gasteiger partial charge in [-0.3, -0.25) is 0 Å². The Hall–Kier alpha value is -3.52. The first kappa shape index (κ1) is 21.3. The van der Waals surface area contributed by atoms with Crippen LogP contribution in [0, 0.1) is 0 Å². The molecule has 2 heterocycles. The topological polar surface area (TPSA) is 80.6 Å². The number of aromatic carboxylic acids is 1. The van der Waals surface area contributed by atoms with E-state index in [1.807, 2.05) is 53.5 Å². The highest BCUT2D eigenvalue weighted by molar-refractivity contribution is 9.10. The van der Waals surface area contributed by atoms with Gasteiger partial charge in [-0.15, -0.1) is 0 Å². The molecular weight excluding hydrogens is 488 g/mol. The van der Waals surface area contributed by atoms with Gasteiger partial charge in [0.05, 0.1) is 26.0 Å². The van der Waals surface area contributed by atoms with E-state index in [2.05, 4.69) is 15.9 Å². The molecule has 0 fully saturated rings. The van der Waals surface area contributed by atoms with Crippen molar-refractivity contribution in [2.75, 3.05) is 14.2 Å². The first-order chi connectivity index (χ1) is 16.0. The van der Waals surface area contributed by atoms with Gasteiger partial charge in [-0.25, -0.2) is 9.80 Å². The maximum Gasteiger partial charge on any atom is 0.340 e. The zero-order valence-corrected chi connectivity index (χ0v) is 19.6. The van der Waals surface area contributed by atoms with E-state index in [9.17, 15) is 9.90 Å². The Bertz CT molecular complexity index is 1260. The number of ether oxygens (including phenoxy) is 3. The van der Waals surface area contributed by atoms with Crippen molar-refractivity contribution in [3.05, 3.63) is 87.4 Å². The number of hydrogen-bond acceptors (Lipinski definition) is 6. The number of fused-ring (bicyclic) bond motifs is 3. The molecule has 7 nitrogen and oxygen atoms in total. The van der Waals surface area contributed by atoms with E-state index in [1.165, 1.54) is 14.2 Å². The van der Waals surface area contributed by atoms with Gasteiger partial charge in [-0.05, 0) is 35.9 Å². The molecule has 8 heteroatoms. The Morgan fingerprint density at radius 3 is 2.52 bits per heavy atom. The fourth-order valence-electron chi connectivity index (χ4n) is 4.42. The molecule has 1 N–H and O–H groups in total. The highest BCUT2D eigenvalue weighted by Crippen LogP contribution is 2.49. The maximum atomic E-state index is 12.3. The Labute approximate surface area is 199 Å². The molecule has 0 saturated carbocycles. The molecule has 0 bridgehead atoms. The van der Waals surface area contributed by atoms with Crippen molar-refractivity contribution in [3.63, 3.8) is 0 Å². The fraction of sp³-hybridized carbons (Fsp3) is 0.200. The van der Waals surface area contributed by atoms with Gasteiger partial charge < -0.3 is 19.3 Å². The summed E-state index contributed by atoms with van der Waals surface area (Å²) in [6, 6.07) is 19.1. The Kier molecular flexibility index (Phi) is 5.46. The minimum absolute atomic E-state index is 0.00715. The molecule has 0 aromatic heterocycles. The minimum atomic E-state index is -1.13. The zero-order valence-electron chi connectivity index (χ0n) is 18.0. The first-order valence-corrected chi connectivity index (χ1v) is 11.2. The van der Waals surface area contributed by atoms with Crippen molar-refractivity contribution in [1.82, 2.24) is 5.01 Å². The van der Waals surface area contributed by atoms with E-state index >= 15 is 0 Å². The lowest BCUT2D eigenvalue weighted by Crippen LogP contribution is -2.34. The molecular formula is C25H21BrN2O5. The molecule has 0 aliphatic carbocycles. The van der Waals surface area contributed by atoms with Crippen LogP contribution >= 0.6 is 15.9 Å². The largest absolute Gasteiger partial charge is 0.493 e. The number of rotatable bonds is 5. The van der Waals surface area contributed by atoms with Crippen LogP contribution in [-0.2, 0) is 0 Å². The highest BCUT2D eigenvalue weighted by atomic mass is 79.9. The lowest BCUT2D eigenvalue weighted by Gasteiger charge is -2.38. The molecule has 2 atom stereocenters. The van der Waals surface area contributed by atoms with E-state index in [-0.39, 0.29) is 17.4 Å². The summed E-state index contributed by atoms with van der Waals surface area (Å²) in [5.74, 6) is 0.0721. The summed E-state index contributed by atoms with van der Waals surface area (Å²) in [5, 5.41) is 16.8. The van der Waals surface area contributed by atoms with Gasteiger partial charge in [0.2, 0.25) is 6.23 Å². The molecule has 2 aliphatic heterocycles. The van der Waals surface area contributed by atoms with E-state index < -0.39 is 12.2 Å². The average molecular weight is 509 g/mol. The van der Waals surface area contributed by atoms with Crippen molar-refractivity contribution in [2.45, 2.75) is 18.7 Å². The van der Waals surface area contributed by atoms with Crippen LogP contribution in [0.25, 0.3) is 0 Å². The van der Waals surface area contributed by atoms with Gasteiger partial charge in [0.1, 0.15) is 11.3 Å². The van der Waals surface area contributed by atoms with Gasteiger partial charge in [-0.1, -0.05) is 46.3 Å². The molecule has 3 aromatic carbocycles. The quantitative estimate of drug-likeness (QED) is 0.496. The summed E-state index contributed by atoms with van der Waals surface area (Å²) < 4.78 is 18.1. The van der Waals surface area contributed by atoms with Crippen molar-refractivity contribution in [1.29, 1.82) is 0 Å². The lowest BCUT2D eigenvalue weighted by molar-refractivity contribution is -0.0199. The molecule has 5 rings (SSSR count). The summed E-state index contributed by atoms with van der Waals surface area (Å²) in [7, 11) is 2.90. The third-order valence-corrected chi connectivity index (χ3v) is 6.46. The number of benzene rings is 3. The third-order valence-electron chi connectivity index (χ3n) is 5.93. The number of halogens is 1. The zero-order chi connectivity index (χ0) is 23.1. The molecule has 3 aromatic rings. The van der Waals surface area contributed by atoms with Gasteiger partial charge in [0.15, 0.2) is 11.5 Å². The van der Waals surface area contributed by atoms with Gasteiger partial charge in [0, 0.05) is 22.0 Å². The van der Waals surface area contributed by atoms with Crippen LogP contribution in [0.5, 0.6) is 17.2 Å². The second kappa shape index (κ2) is 8.44. The average Bonchev–Trinajstić information content (AvgIpc) is 3.28. The van der Waals surface area contributed by atoms with Crippen molar-refractivity contribution in [3.8, 4) is 17.2 Å². The number of carbonyl (C=O) groups is 1. The number of carboxylic acid groups (broad SMARTS) is 1. The molecule has 0 saturated heterocycles. The number of methoxy groups -OCH3 is 2. The van der Waals surface area contributed by atoms with Crippen molar-refractivity contribution >= 4 is 27.6 Å². The number of hydrazone groups is 1. The Morgan fingerprint density at radius 1 is 1.06 bits per heavy atom. The molecule has 168 valence electrons. The lowest BCUT2D eigenvalue weighted by atomic mass is 9.95. The van der Waals surface area contributed by atoms with Crippen LogP contribution < -0.4 is 14.2 Å². The number of hydrogen-bond donors (Lipinski definition) is 1. The smallest absolute Gasteiger partial charge is 0.340 e. The number of para-hydroxylation sites is 1. The number of carboxylic acids is 1. The summed E-state index contributed by atoms with van der Waals surface area (Å²) in [4.78, 5) is 12.3. The van der Waals surface area contributed by atoms with Crippen LogP contribution in [0.4, 0.5) is 0 Å². The third kappa shape index (κ3) is 3.60. The second-order valence-corrected chi connectivity index (χ2v) is 8.65. The van der Waals surface area contributed by atoms with Crippen molar-refractivity contribution in [2.24, 2.45) is 5.10 Å². The molecule has 0 unspecified atom stereocenters. The van der Waals surface area contributed by atoms with Crippen LogP contribution in [0.1, 0.15) is 45.7 Å². The maximum absolute atomic E-state index is 12.3. The van der Waals surface area contributed by atoms with Gasteiger partial charge in [-0.2, -0.15) is 5.10 Å². The van der Waals surface area contributed by atoms with Gasteiger partial charge >= 0.3 is 5.97 Å². The summed E-state index contributed by atoms with van der Waals surface area (Å²) in [5.41, 5.74) is 3.37. The van der Waals surface area contributed by atoms with Crippen LogP contribution in [-0.4, -0.2) is 36.0 Å². The van der Waals surface area contributed by atoms with Crippen LogP contribution in [0.2, 0.25) is 0 Å². The number of nitrogens with zero attached hydrogens (tertiary/aromatic N) is 2. The Balaban J connectivity index is 1.66. The van der Waals surface area contributed by atoms with Gasteiger partial charge in [0.25, 0.3) is 0 Å². The highest BCUT2D eigenvalue weighted by Gasteiger charge is 2.43. The van der Waals surface area contributed by atoms with E-state index in [0.717, 1.165) is 21.3 Å². The molecule has 0 spiro atoms. The molecule has 33 heavy (non-hydrogen) atoms. The minimum Gasteiger partial charge on any atom is -0.493 e. The SMILES string of the molecule is COc1ccc([C@@H]2Oc3ccccc3[C@H]3CC(c4ccc(Br)cc4)=NN32)c(C(=O)O)c1OC. The van der Waals surface area contributed by atoms with E-state index in [0.29, 0.717) is 23.5 Å². The van der Waals surface area contributed by atoms with Crippen LogP contribution in [0.3, 0.4) is 0 Å². The second-order valence-electron chi connectivity index (χ2n) is 7.73. The Morgan fingerprint density at radius 2 is 1.82 bits per heavy atom.